The topological polar surface area (TPSA) is 127 Å². The van der Waals surface area contributed by atoms with E-state index < -0.39 is 16.1 Å². The Kier molecular flexibility index (Phi) is 9.86. The lowest BCUT2D eigenvalue weighted by Gasteiger charge is -2.36. The molecule has 2 aromatic heterocycles. The van der Waals surface area contributed by atoms with Gasteiger partial charge in [0.2, 0.25) is 11.8 Å². The number of methoxy groups -OCH3 is 1. The van der Waals surface area contributed by atoms with E-state index in [0.717, 1.165) is 28.9 Å². The number of nitrogens with one attached hydrogen (secondary N) is 1. The van der Waals surface area contributed by atoms with E-state index in [0.29, 0.717) is 24.4 Å². The molecule has 51 heavy (non-hydrogen) atoms. The van der Waals surface area contributed by atoms with Crippen LogP contribution in [0.4, 0.5) is 11.8 Å². The first-order valence-electron chi connectivity index (χ1n) is 17.3. The van der Waals surface area contributed by atoms with Crippen LogP contribution in [0.5, 0.6) is 5.88 Å². The summed E-state index contributed by atoms with van der Waals surface area (Å²) in [5.41, 5.74) is 3.92. The van der Waals surface area contributed by atoms with Gasteiger partial charge in [-0.2, -0.15) is 4.98 Å². The standard InChI is InChI=1S/C39H48N6O5S/c1-25-12-9-13-26(2)35(25)32-19-34-42-37(41-32)43-51(47,48)31-16-10-14-27(18-31)36(46)44(29(24-50-34)20-38(3,4)5)22-28-15-11-17-33(40-28)45-23-30(49-8)21-39(45,6)7/h9-19,29-30H,20-24H2,1-8H3,(H,41,42,43)/t29-,30?/m1/s1. The van der Waals surface area contributed by atoms with Gasteiger partial charge in [-0.05, 0) is 87.4 Å². The molecule has 1 unspecified atom stereocenters. The number of pyridine rings is 1. The van der Waals surface area contributed by atoms with E-state index in [1.54, 1.807) is 30.2 Å². The molecule has 2 aliphatic heterocycles. The highest BCUT2D eigenvalue weighted by Gasteiger charge is 2.39. The number of nitrogens with zero attached hydrogens (tertiary/aromatic N) is 5. The van der Waals surface area contributed by atoms with Gasteiger partial charge in [0.15, 0.2) is 0 Å². The van der Waals surface area contributed by atoms with E-state index in [1.807, 2.05) is 50.2 Å². The first kappa shape index (κ1) is 36.2. The molecule has 2 aromatic carbocycles. The third-order valence-electron chi connectivity index (χ3n) is 9.61. The Hall–Kier alpha value is -4.55. The summed E-state index contributed by atoms with van der Waals surface area (Å²) < 4.78 is 42.2. The smallest absolute Gasteiger partial charge is 0.264 e. The van der Waals surface area contributed by atoms with Gasteiger partial charge < -0.3 is 19.3 Å². The molecule has 0 aliphatic carbocycles. The molecule has 270 valence electrons. The molecule has 1 fully saturated rings. The number of fused-ring (bicyclic) bond motifs is 4. The van der Waals surface area contributed by atoms with Gasteiger partial charge in [0, 0.05) is 36.4 Å². The molecule has 0 saturated carbocycles. The van der Waals surface area contributed by atoms with Crippen LogP contribution in [-0.4, -0.2) is 72.1 Å². The second kappa shape index (κ2) is 13.9. The molecule has 11 nitrogen and oxygen atoms in total. The SMILES string of the molecule is COC1CN(c2cccc(CN3C(=O)c4cccc(c4)S(=O)(=O)Nc4nc(cc(-c5c(C)cccc5C)n4)OC[C@H]3CC(C)(C)C)n2)C(C)(C)C1. The summed E-state index contributed by atoms with van der Waals surface area (Å²) in [6.45, 7) is 15.7. The van der Waals surface area contributed by atoms with Gasteiger partial charge in [0.1, 0.15) is 12.4 Å². The van der Waals surface area contributed by atoms with Gasteiger partial charge in [0.05, 0.1) is 35.0 Å². The van der Waals surface area contributed by atoms with Gasteiger partial charge in [-0.3, -0.25) is 4.79 Å². The number of carbonyl (C=O) groups is 1. The van der Waals surface area contributed by atoms with Crippen molar-refractivity contribution in [3.05, 3.63) is 89.1 Å². The highest BCUT2D eigenvalue weighted by Crippen LogP contribution is 2.35. The Balaban J connectivity index is 1.46. The van der Waals surface area contributed by atoms with Crippen LogP contribution in [0, 0.1) is 19.3 Å². The second-order valence-corrected chi connectivity index (χ2v) is 17.1. The highest BCUT2D eigenvalue weighted by atomic mass is 32.2. The van der Waals surface area contributed by atoms with E-state index >= 15 is 0 Å². The molecule has 4 aromatic rings. The van der Waals surface area contributed by atoms with Crippen LogP contribution in [0.3, 0.4) is 0 Å². The zero-order valence-electron chi connectivity index (χ0n) is 30.7. The quantitative estimate of drug-likeness (QED) is 0.230. The van der Waals surface area contributed by atoms with Gasteiger partial charge in [-0.25, -0.2) is 23.1 Å². The second-order valence-electron chi connectivity index (χ2n) is 15.4. The minimum absolute atomic E-state index is 0.0763. The number of anilines is 2. The number of aromatic nitrogens is 3. The Morgan fingerprint density at radius 3 is 2.37 bits per heavy atom. The summed E-state index contributed by atoms with van der Waals surface area (Å²) in [7, 11) is -2.45. The maximum absolute atomic E-state index is 14.6. The van der Waals surface area contributed by atoms with Crippen LogP contribution in [-0.2, 0) is 21.3 Å². The number of carbonyl (C=O) groups excluding carboxylic acids is 1. The van der Waals surface area contributed by atoms with Gasteiger partial charge >= 0.3 is 0 Å². The van der Waals surface area contributed by atoms with Crippen molar-refractivity contribution >= 4 is 27.7 Å². The molecule has 6 rings (SSSR count). The third-order valence-corrected chi connectivity index (χ3v) is 10.9. The van der Waals surface area contributed by atoms with Crippen molar-refractivity contribution in [2.45, 2.75) is 90.4 Å². The fraction of sp³-hybridized carbons (Fsp3) is 0.436. The van der Waals surface area contributed by atoms with Crippen molar-refractivity contribution in [3.8, 4) is 17.1 Å². The lowest BCUT2D eigenvalue weighted by atomic mass is 9.87. The van der Waals surface area contributed by atoms with E-state index in [9.17, 15) is 13.2 Å². The van der Waals surface area contributed by atoms with Crippen LogP contribution >= 0.6 is 0 Å². The number of ether oxygens (including phenoxy) is 2. The fourth-order valence-corrected chi connectivity index (χ4v) is 8.16. The van der Waals surface area contributed by atoms with Crippen LogP contribution in [0.2, 0.25) is 0 Å². The molecule has 2 aliphatic rings. The summed E-state index contributed by atoms with van der Waals surface area (Å²) in [5.74, 6) is 0.561. The monoisotopic (exact) mass is 712 g/mol. The van der Waals surface area contributed by atoms with Crippen molar-refractivity contribution in [2.75, 3.05) is 29.9 Å². The zero-order chi connectivity index (χ0) is 36.7. The predicted molar refractivity (Wildman–Crippen MR) is 198 cm³/mol. The van der Waals surface area contributed by atoms with E-state index in [2.05, 4.69) is 54.2 Å². The number of benzene rings is 2. The van der Waals surface area contributed by atoms with E-state index in [-0.39, 0.29) is 58.4 Å². The number of aryl methyl sites for hydroxylation is 2. The minimum Gasteiger partial charge on any atom is -0.475 e. The minimum atomic E-state index is -4.18. The molecule has 1 N–H and O–H groups in total. The largest absolute Gasteiger partial charge is 0.475 e. The molecule has 0 radical (unpaired) electrons. The maximum atomic E-state index is 14.6. The van der Waals surface area contributed by atoms with E-state index in [4.69, 9.17) is 14.5 Å². The zero-order valence-corrected chi connectivity index (χ0v) is 31.5. The fourth-order valence-electron chi connectivity index (χ4n) is 7.17. The first-order valence-corrected chi connectivity index (χ1v) is 18.8. The van der Waals surface area contributed by atoms with Crippen molar-refractivity contribution in [1.29, 1.82) is 0 Å². The van der Waals surface area contributed by atoms with Crippen LogP contribution in [0.15, 0.2) is 71.6 Å². The number of hydrogen-bond acceptors (Lipinski definition) is 9. The Morgan fingerprint density at radius 1 is 0.980 bits per heavy atom. The lowest BCUT2D eigenvalue weighted by Crippen LogP contribution is -2.45. The van der Waals surface area contributed by atoms with Crippen molar-refractivity contribution in [2.24, 2.45) is 5.41 Å². The van der Waals surface area contributed by atoms with Crippen LogP contribution in [0.25, 0.3) is 11.3 Å². The molecule has 4 bridgehead atoms. The molecule has 0 spiro atoms. The average molecular weight is 713 g/mol. The third kappa shape index (κ3) is 8.02. The Bertz CT molecular complexity index is 2020. The molecule has 12 heteroatoms. The van der Waals surface area contributed by atoms with Crippen LogP contribution < -0.4 is 14.4 Å². The number of sulfonamides is 1. The lowest BCUT2D eigenvalue weighted by molar-refractivity contribution is 0.0509. The Morgan fingerprint density at radius 2 is 1.69 bits per heavy atom. The normalized spacial score (nSPS) is 20.1. The van der Waals surface area contributed by atoms with Crippen molar-refractivity contribution in [1.82, 2.24) is 19.9 Å². The number of rotatable bonds is 6. The van der Waals surface area contributed by atoms with Crippen molar-refractivity contribution in [3.63, 3.8) is 0 Å². The predicted octanol–water partition coefficient (Wildman–Crippen LogP) is 6.80. The summed E-state index contributed by atoms with van der Waals surface area (Å²) in [5, 5.41) is 0. The molecular weight excluding hydrogens is 665 g/mol. The Labute approximate surface area is 301 Å². The maximum Gasteiger partial charge on any atom is 0.264 e. The summed E-state index contributed by atoms with van der Waals surface area (Å²) in [6.07, 6.45) is 1.55. The van der Waals surface area contributed by atoms with Gasteiger partial charge in [-0.15, -0.1) is 0 Å². The van der Waals surface area contributed by atoms with Crippen LogP contribution in [0.1, 0.15) is 74.6 Å². The number of hydrogen-bond donors (Lipinski definition) is 1. The number of amides is 1. The van der Waals surface area contributed by atoms with Gasteiger partial charge in [-0.1, -0.05) is 51.1 Å². The molecule has 2 atom stereocenters. The molecular formula is C39H48N6O5S. The average Bonchev–Trinajstić information content (AvgIpc) is 3.38. The van der Waals surface area contributed by atoms with Crippen molar-refractivity contribution < 1.29 is 22.7 Å². The highest BCUT2D eigenvalue weighted by molar-refractivity contribution is 7.92. The molecule has 1 amide bonds. The first-order chi connectivity index (χ1) is 24.0. The summed E-state index contributed by atoms with van der Waals surface area (Å²) >= 11 is 0. The summed E-state index contributed by atoms with van der Waals surface area (Å²) in [4.78, 5) is 32.8. The molecule has 4 heterocycles. The summed E-state index contributed by atoms with van der Waals surface area (Å²) in [6, 6.07) is 19.2. The van der Waals surface area contributed by atoms with E-state index in [1.165, 1.54) is 12.1 Å². The molecule has 1 saturated heterocycles. The van der Waals surface area contributed by atoms with Gasteiger partial charge in [0.25, 0.3) is 15.9 Å².